The van der Waals surface area contributed by atoms with Crippen molar-refractivity contribution in [3.8, 4) is 0 Å². The van der Waals surface area contributed by atoms with Gasteiger partial charge in [-0.2, -0.15) is 0 Å². The molecule has 3 heterocycles. The molecule has 28 heavy (non-hydrogen) atoms. The molecule has 3 unspecified atom stereocenters. The zero-order chi connectivity index (χ0) is 19.5. The smallest absolute Gasteiger partial charge is 0.410 e. The van der Waals surface area contributed by atoms with Gasteiger partial charge < -0.3 is 15.0 Å². The maximum absolute atomic E-state index is 12.5. The zero-order valence-corrected chi connectivity index (χ0v) is 16.7. The highest BCUT2D eigenvalue weighted by molar-refractivity contribution is 5.94. The van der Waals surface area contributed by atoms with Gasteiger partial charge in [-0.05, 0) is 64.1 Å². The van der Waals surface area contributed by atoms with E-state index < -0.39 is 0 Å². The highest BCUT2D eigenvalue weighted by atomic mass is 16.6. The van der Waals surface area contributed by atoms with Crippen molar-refractivity contribution in [2.45, 2.75) is 69.6 Å². The molecular formula is C22H31N3O3. The maximum Gasteiger partial charge on any atom is 0.410 e. The van der Waals surface area contributed by atoms with Gasteiger partial charge in [0.2, 0.25) is 0 Å². The van der Waals surface area contributed by atoms with Crippen LogP contribution < -0.4 is 5.32 Å². The average molecular weight is 386 g/mol. The second-order valence-electron chi connectivity index (χ2n) is 8.29. The van der Waals surface area contributed by atoms with E-state index in [9.17, 15) is 9.59 Å². The number of piperidine rings is 2. The lowest BCUT2D eigenvalue weighted by atomic mass is 9.93. The molecule has 2 bridgehead atoms. The molecule has 0 aromatic heterocycles. The normalized spacial score (nSPS) is 30.1. The molecule has 2 amide bonds. The van der Waals surface area contributed by atoms with E-state index >= 15 is 0 Å². The van der Waals surface area contributed by atoms with Crippen LogP contribution in [-0.2, 0) is 4.74 Å². The lowest BCUT2D eigenvalue weighted by molar-refractivity contribution is 0.0309. The molecule has 1 aromatic rings. The van der Waals surface area contributed by atoms with Crippen LogP contribution >= 0.6 is 0 Å². The summed E-state index contributed by atoms with van der Waals surface area (Å²) in [5.74, 6) is 0.0182. The van der Waals surface area contributed by atoms with Crippen LogP contribution in [0.15, 0.2) is 30.3 Å². The number of nitrogens with zero attached hydrogens (tertiary/aromatic N) is 2. The Hall–Kier alpha value is -2.08. The number of carbonyl (C=O) groups is 2. The topological polar surface area (TPSA) is 61.9 Å². The van der Waals surface area contributed by atoms with Crippen molar-refractivity contribution in [2.75, 3.05) is 19.7 Å². The SMILES string of the molecule is CCOC(=O)N1C2CCC1CC(N1CCCC(NC(=O)c3ccccc3)C1)C2. The molecule has 3 aliphatic heterocycles. The number of carbonyl (C=O) groups excluding carboxylic acids is 2. The second kappa shape index (κ2) is 8.52. The molecule has 0 radical (unpaired) electrons. The van der Waals surface area contributed by atoms with Crippen molar-refractivity contribution in [3.05, 3.63) is 35.9 Å². The van der Waals surface area contributed by atoms with Crippen molar-refractivity contribution in [3.63, 3.8) is 0 Å². The molecule has 3 aliphatic rings. The molecule has 3 atom stereocenters. The standard InChI is InChI=1S/C22H31N3O3/c1-2-28-22(27)25-18-10-11-19(25)14-20(13-18)24-12-6-9-17(15-24)23-21(26)16-7-4-3-5-8-16/h3-5,7-8,17-20H,2,6,9-15H2,1H3,(H,23,26). The summed E-state index contributed by atoms with van der Waals surface area (Å²) in [6.45, 7) is 4.29. The van der Waals surface area contributed by atoms with E-state index in [-0.39, 0.29) is 18.0 Å². The molecule has 0 spiro atoms. The first kappa shape index (κ1) is 19.2. The van der Waals surface area contributed by atoms with Crippen molar-refractivity contribution < 1.29 is 14.3 Å². The van der Waals surface area contributed by atoms with E-state index in [1.807, 2.05) is 42.2 Å². The summed E-state index contributed by atoms with van der Waals surface area (Å²) < 4.78 is 5.27. The first-order valence-electron chi connectivity index (χ1n) is 10.7. The first-order chi connectivity index (χ1) is 13.7. The second-order valence-corrected chi connectivity index (χ2v) is 8.29. The van der Waals surface area contributed by atoms with Crippen molar-refractivity contribution >= 4 is 12.0 Å². The van der Waals surface area contributed by atoms with Gasteiger partial charge in [0.1, 0.15) is 0 Å². The van der Waals surface area contributed by atoms with Crippen LogP contribution in [-0.4, -0.2) is 65.7 Å². The summed E-state index contributed by atoms with van der Waals surface area (Å²) in [6, 6.07) is 10.8. The Kier molecular flexibility index (Phi) is 5.85. The number of fused-ring (bicyclic) bond motifs is 2. The highest BCUT2D eigenvalue weighted by Crippen LogP contribution is 2.38. The number of likely N-dealkylation sites (tertiary alicyclic amines) is 1. The Balaban J connectivity index is 1.34. The molecule has 3 saturated heterocycles. The van der Waals surface area contributed by atoms with Crippen LogP contribution in [0.3, 0.4) is 0 Å². The Morgan fingerprint density at radius 2 is 1.79 bits per heavy atom. The first-order valence-corrected chi connectivity index (χ1v) is 10.7. The summed E-state index contributed by atoms with van der Waals surface area (Å²) in [5.41, 5.74) is 0.723. The Labute approximate surface area is 167 Å². The van der Waals surface area contributed by atoms with Gasteiger partial charge >= 0.3 is 6.09 Å². The molecule has 1 aromatic carbocycles. The number of amides is 2. The minimum atomic E-state index is -0.139. The fraction of sp³-hybridized carbons (Fsp3) is 0.636. The fourth-order valence-corrected chi connectivity index (χ4v) is 5.26. The molecule has 6 nitrogen and oxygen atoms in total. The minimum Gasteiger partial charge on any atom is -0.450 e. The number of benzene rings is 1. The predicted molar refractivity (Wildman–Crippen MR) is 107 cm³/mol. The van der Waals surface area contributed by atoms with Crippen LogP contribution in [0.4, 0.5) is 4.79 Å². The van der Waals surface area contributed by atoms with Crippen LogP contribution in [0.25, 0.3) is 0 Å². The number of nitrogens with one attached hydrogen (secondary N) is 1. The summed E-state index contributed by atoms with van der Waals surface area (Å²) in [6.07, 6.45) is 6.21. The maximum atomic E-state index is 12.5. The largest absolute Gasteiger partial charge is 0.450 e. The number of ether oxygens (including phenoxy) is 1. The van der Waals surface area contributed by atoms with E-state index in [4.69, 9.17) is 4.74 Å². The van der Waals surface area contributed by atoms with E-state index in [2.05, 4.69) is 10.2 Å². The molecule has 0 aliphatic carbocycles. The molecule has 6 heteroatoms. The van der Waals surface area contributed by atoms with Crippen molar-refractivity contribution in [1.82, 2.24) is 15.1 Å². The third-order valence-corrected chi connectivity index (χ3v) is 6.53. The molecule has 152 valence electrons. The summed E-state index contributed by atoms with van der Waals surface area (Å²) in [5, 5.41) is 3.22. The molecule has 0 saturated carbocycles. The highest BCUT2D eigenvalue weighted by Gasteiger charge is 2.45. The van der Waals surface area contributed by atoms with Gasteiger partial charge in [-0.1, -0.05) is 18.2 Å². The Bertz CT molecular complexity index is 682. The van der Waals surface area contributed by atoms with E-state index in [0.29, 0.717) is 24.7 Å². The monoisotopic (exact) mass is 385 g/mol. The van der Waals surface area contributed by atoms with Gasteiger partial charge in [0.05, 0.1) is 6.61 Å². The third-order valence-electron chi connectivity index (χ3n) is 6.53. The van der Waals surface area contributed by atoms with Crippen LogP contribution in [0.2, 0.25) is 0 Å². The molecule has 4 rings (SSSR count). The predicted octanol–water partition coefficient (Wildman–Crippen LogP) is 3.03. The number of hydrogen-bond acceptors (Lipinski definition) is 4. The molecule has 3 fully saturated rings. The lowest BCUT2D eigenvalue weighted by Crippen LogP contribution is -2.56. The van der Waals surface area contributed by atoms with E-state index in [0.717, 1.165) is 57.2 Å². The average Bonchev–Trinajstić information content (AvgIpc) is 2.99. The van der Waals surface area contributed by atoms with Gasteiger partial charge in [-0.25, -0.2) is 4.79 Å². The summed E-state index contributed by atoms with van der Waals surface area (Å²) in [4.78, 5) is 29.3. The van der Waals surface area contributed by atoms with Gasteiger partial charge in [0.15, 0.2) is 0 Å². The van der Waals surface area contributed by atoms with Crippen LogP contribution in [0.5, 0.6) is 0 Å². The van der Waals surface area contributed by atoms with Crippen molar-refractivity contribution in [1.29, 1.82) is 0 Å². The summed E-state index contributed by atoms with van der Waals surface area (Å²) in [7, 11) is 0. The number of rotatable bonds is 4. The lowest BCUT2D eigenvalue weighted by Gasteiger charge is -2.45. The van der Waals surface area contributed by atoms with Gasteiger partial charge in [-0.3, -0.25) is 9.69 Å². The van der Waals surface area contributed by atoms with Crippen LogP contribution in [0, 0.1) is 0 Å². The fourth-order valence-electron chi connectivity index (χ4n) is 5.26. The van der Waals surface area contributed by atoms with E-state index in [1.54, 1.807) is 0 Å². The Morgan fingerprint density at radius 3 is 2.46 bits per heavy atom. The summed E-state index contributed by atoms with van der Waals surface area (Å²) >= 11 is 0. The van der Waals surface area contributed by atoms with Crippen LogP contribution in [0.1, 0.15) is 55.8 Å². The quantitative estimate of drug-likeness (QED) is 0.865. The minimum absolute atomic E-state index is 0.0182. The molecule has 1 N–H and O–H groups in total. The Morgan fingerprint density at radius 1 is 1.07 bits per heavy atom. The zero-order valence-electron chi connectivity index (χ0n) is 16.7. The van der Waals surface area contributed by atoms with Crippen molar-refractivity contribution in [2.24, 2.45) is 0 Å². The molecular weight excluding hydrogens is 354 g/mol. The van der Waals surface area contributed by atoms with Gasteiger partial charge in [-0.15, -0.1) is 0 Å². The number of hydrogen-bond donors (Lipinski definition) is 1. The van der Waals surface area contributed by atoms with E-state index in [1.165, 1.54) is 0 Å². The third kappa shape index (κ3) is 4.02. The van der Waals surface area contributed by atoms with Gasteiger partial charge in [0.25, 0.3) is 5.91 Å². The van der Waals surface area contributed by atoms with Gasteiger partial charge in [0, 0.05) is 36.3 Å².